The molecule has 10 heteroatoms. The average Bonchev–Trinajstić information content (AvgIpc) is 2.68. The zero-order valence-corrected chi connectivity index (χ0v) is 15.2. The zero-order chi connectivity index (χ0) is 21.2. The minimum atomic E-state index is -1.43. The summed E-state index contributed by atoms with van der Waals surface area (Å²) < 4.78 is 0. The molecule has 0 fully saturated rings. The fraction of sp³-hybridized carbons (Fsp3) is 0.158. The number of carbonyl (C=O) groups is 2. The number of anilines is 2. The van der Waals surface area contributed by atoms with E-state index in [2.05, 4.69) is 26.5 Å². The van der Waals surface area contributed by atoms with E-state index in [1.54, 1.807) is 0 Å². The van der Waals surface area contributed by atoms with Gasteiger partial charge in [0.15, 0.2) is 17.0 Å². The number of hydrogen-bond donors (Lipinski definition) is 4. The molecule has 1 unspecified atom stereocenters. The van der Waals surface area contributed by atoms with Gasteiger partial charge in [-0.25, -0.2) is 14.8 Å². The van der Waals surface area contributed by atoms with Crippen molar-refractivity contribution in [1.82, 2.24) is 19.9 Å². The number of carboxylic acid groups (broad SMARTS) is 2. The second kappa shape index (κ2) is 7.50. The second-order valence-electron chi connectivity index (χ2n) is 6.44. The Labute approximate surface area is 165 Å². The van der Waals surface area contributed by atoms with Gasteiger partial charge in [0.1, 0.15) is 5.41 Å². The Balaban J connectivity index is 2.10. The highest BCUT2D eigenvalue weighted by molar-refractivity contribution is 5.88. The molecule has 0 spiro atoms. The first-order chi connectivity index (χ1) is 13.8. The third kappa shape index (κ3) is 3.68. The Morgan fingerprint density at radius 2 is 1.79 bits per heavy atom. The van der Waals surface area contributed by atoms with Crippen molar-refractivity contribution in [3.8, 4) is 0 Å². The van der Waals surface area contributed by atoms with Crippen molar-refractivity contribution < 1.29 is 19.8 Å². The van der Waals surface area contributed by atoms with Gasteiger partial charge in [-0.1, -0.05) is 18.2 Å². The van der Waals surface area contributed by atoms with E-state index in [1.165, 1.54) is 36.5 Å². The molecule has 0 radical (unpaired) electrons. The molecule has 29 heavy (non-hydrogen) atoms. The van der Waals surface area contributed by atoms with E-state index in [9.17, 15) is 14.7 Å². The lowest BCUT2D eigenvalue weighted by Gasteiger charge is -2.29. The Morgan fingerprint density at radius 3 is 2.38 bits per heavy atom. The summed E-state index contributed by atoms with van der Waals surface area (Å²) in [4.78, 5) is 39.8. The van der Waals surface area contributed by atoms with Gasteiger partial charge in [0.25, 0.3) is 0 Å². The van der Waals surface area contributed by atoms with Crippen LogP contribution in [0.4, 0.5) is 11.8 Å². The number of fused-ring (bicyclic) bond motifs is 1. The Bertz CT molecular complexity index is 1120. The van der Waals surface area contributed by atoms with Crippen LogP contribution in [0.1, 0.15) is 28.0 Å². The van der Waals surface area contributed by atoms with E-state index < -0.39 is 17.4 Å². The van der Waals surface area contributed by atoms with Crippen molar-refractivity contribution in [2.24, 2.45) is 0 Å². The van der Waals surface area contributed by atoms with Crippen molar-refractivity contribution >= 4 is 34.9 Å². The van der Waals surface area contributed by atoms with Crippen molar-refractivity contribution in [3.63, 3.8) is 0 Å². The molecule has 10 nitrogen and oxygen atoms in total. The van der Waals surface area contributed by atoms with Crippen LogP contribution in [0.2, 0.25) is 0 Å². The lowest BCUT2D eigenvalue weighted by molar-refractivity contribution is -0.143. The first kappa shape index (κ1) is 19.7. The number of nitrogens with two attached hydrogens (primary N) is 2. The van der Waals surface area contributed by atoms with Crippen molar-refractivity contribution in [2.75, 3.05) is 11.5 Å². The quantitative estimate of drug-likeness (QED) is 0.428. The second-order valence-corrected chi connectivity index (χ2v) is 6.44. The molecule has 0 amide bonds. The molecular weight excluding hydrogens is 376 g/mol. The number of nitrogens with zero attached hydrogens (tertiary/aromatic N) is 4. The molecule has 6 N–H and O–H groups in total. The van der Waals surface area contributed by atoms with Gasteiger partial charge in [0.05, 0.1) is 17.5 Å². The first-order valence-electron chi connectivity index (χ1n) is 8.49. The number of hydrogen-bond acceptors (Lipinski definition) is 8. The number of nitrogen functional groups attached to an aromatic ring is 2. The summed E-state index contributed by atoms with van der Waals surface area (Å²) in [5.41, 5.74) is 11.2. The summed E-state index contributed by atoms with van der Waals surface area (Å²) in [5, 5.41) is 19.2. The minimum Gasteiger partial charge on any atom is -0.481 e. The zero-order valence-electron chi connectivity index (χ0n) is 15.2. The van der Waals surface area contributed by atoms with Crippen LogP contribution in [0.25, 0.3) is 11.2 Å². The van der Waals surface area contributed by atoms with Crippen LogP contribution < -0.4 is 11.5 Å². The number of aromatic carboxylic acids is 1. The summed E-state index contributed by atoms with van der Waals surface area (Å²) in [6.07, 6.45) is 2.95. The van der Waals surface area contributed by atoms with Crippen LogP contribution in [-0.2, 0) is 16.6 Å². The predicted octanol–water partition coefficient (Wildman–Crippen LogP) is 1.42. The molecular formula is C19H18N6O4. The van der Waals surface area contributed by atoms with E-state index >= 15 is 0 Å². The van der Waals surface area contributed by atoms with Gasteiger partial charge in [-0.3, -0.25) is 4.79 Å². The Hall–Kier alpha value is -4.08. The highest BCUT2D eigenvalue weighted by Crippen LogP contribution is 2.33. The van der Waals surface area contributed by atoms with E-state index in [-0.39, 0.29) is 41.3 Å². The first-order valence-corrected chi connectivity index (χ1v) is 8.49. The summed E-state index contributed by atoms with van der Waals surface area (Å²) in [6, 6.07) is 5.68. The molecule has 3 aromatic rings. The van der Waals surface area contributed by atoms with Crippen LogP contribution in [0.15, 0.2) is 43.1 Å². The highest BCUT2D eigenvalue weighted by atomic mass is 16.4. The van der Waals surface area contributed by atoms with E-state index in [4.69, 9.17) is 16.6 Å². The topological polar surface area (TPSA) is 178 Å². The van der Waals surface area contributed by atoms with Crippen molar-refractivity contribution in [1.29, 1.82) is 0 Å². The maximum absolute atomic E-state index is 12.3. The number of benzene rings is 1. The Morgan fingerprint density at radius 1 is 1.10 bits per heavy atom. The molecule has 2 aromatic heterocycles. The molecule has 0 aliphatic rings. The predicted molar refractivity (Wildman–Crippen MR) is 105 cm³/mol. The smallest absolute Gasteiger partial charge is 0.335 e. The van der Waals surface area contributed by atoms with Gasteiger partial charge < -0.3 is 21.7 Å². The maximum Gasteiger partial charge on any atom is 0.335 e. The van der Waals surface area contributed by atoms with Gasteiger partial charge >= 0.3 is 11.9 Å². The lowest BCUT2D eigenvalue weighted by atomic mass is 9.74. The van der Waals surface area contributed by atoms with Crippen LogP contribution >= 0.6 is 0 Å². The van der Waals surface area contributed by atoms with Crippen LogP contribution in [-0.4, -0.2) is 42.1 Å². The molecule has 1 atom stereocenters. The number of carboxylic acids is 2. The fourth-order valence-corrected chi connectivity index (χ4v) is 3.13. The molecule has 0 aliphatic carbocycles. The largest absolute Gasteiger partial charge is 0.481 e. The third-order valence-corrected chi connectivity index (χ3v) is 4.57. The van der Waals surface area contributed by atoms with Gasteiger partial charge in [-0.05, 0) is 24.1 Å². The lowest BCUT2D eigenvalue weighted by Crippen LogP contribution is -2.38. The van der Waals surface area contributed by atoms with Gasteiger partial charge in [-0.15, -0.1) is 6.58 Å². The van der Waals surface area contributed by atoms with Gasteiger partial charge in [-0.2, -0.15) is 9.97 Å². The van der Waals surface area contributed by atoms with Crippen molar-refractivity contribution in [2.45, 2.75) is 18.3 Å². The average molecular weight is 394 g/mol. The van der Waals surface area contributed by atoms with E-state index in [0.717, 1.165) is 0 Å². The van der Waals surface area contributed by atoms with Crippen molar-refractivity contribution in [3.05, 3.63) is 59.9 Å². The van der Waals surface area contributed by atoms with Gasteiger partial charge in [0.2, 0.25) is 5.95 Å². The minimum absolute atomic E-state index is 0.0342. The SMILES string of the molecule is C=CCC(Cc1cnc2nc(N)nc(N)c2n1)(C(=O)O)c1ccc(C(=O)O)cc1. The molecule has 0 saturated carbocycles. The Kier molecular flexibility index (Phi) is 5.09. The van der Waals surface area contributed by atoms with E-state index in [0.29, 0.717) is 11.3 Å². The van der Waals surface area contributed by atoms with Gasteiger partial charge in [0, 0.05) is 6.42 Å². The number of allylic oxidation sites excluding steroid dienone is 1. The molecule has 0 aliphatic heterocycles. The number of rotatable bonds is 7. The van der Waals surface area contributed by atoms with E-state index in [1.807, 2.05) is 0 Å². The summed E-state index contributed by atoms with van der Waals surface area (Å²) >= 11 is 0. The number of aliphatic carboxylic acids is 1. The number of aromatic nitrogens is 4. The van der Waals surface area contributed by atoms with Crippen LogP contribution in [0.3, 0.4) is 0 Å². The highest BCUT2D eigenvalue weighted by Gasteiger charge is 2.40. The standard InChI is InChI=1S/C19H18N6O4/c1-2-7-19(17(28)29,11-5-3-10(4-6-11)16(26)27)8-12-9-22-15-13(23-12)14(20)24-18(21)25-15/h2-6,9H,1,7-8H2,(H,26,27)(H,28,29)(H4,20,21,22,24,25). The molecule has 1 aromatic carbocycles. The maximum atomic E-state index is 12.3. The summed E-state index contributed by atoms with van der Waals surface area (Å²) in [5.74, 6) is -2.21. The molecule has 3 rings (SSSR count). The summed E-state index contributed by atoms with van der Waals surface area (Å²) in [6.45, 7) is 3.67. The van der Waals surface area contributed by atoms with Crippen LogP contribution in [0.5, 0.6) is 0 Å². The normalized spacial score (nSPS) is 13.0. The molecule has 0 saturated heterocycles. The molecule has 2 heterocycles. The molecule has 148 valence electrons. The fourth-order valence-electron chi connectivity index (χ4n) is 3.13. The monoisotopic (exact) mass is 394 g/mol. The van der Waals surface area contributed by atoms with Crippen LogP contribution in [0, 0.1) is 0 Å². The summed E-state index contributed by atoms with van der Waals surface area (Å²) in [7, 11) is 0. The third-order valence-electron chi connectivity index (χ3n) is 4.57. The molecule has 0 bridgehead atoms.